The fourth-order valence-electron chi connectivity index (χ4n) is 3.51. The molecule has 6 nitrogen and oxygen atoms in total. The summed E-state index contributed by atoms with van der Waals surface area (Å²) in [5.74, 6) is -0.383. The zero-order valence-electron chi connectivity index (χ0n) is 17.9. The molecule has 6 heteroatoms. The third-order valence-electron chi connectivity index (χ3n) is 4.74. The first-order valence-corrected chi connectivity index (χ1v) is 9.62. The maximum atomic E-state index is 12.3. The van der Waals surface area contributed by atoms with Gasteiger partial charge in [-0.3, -0.25) is 9.78 Å². The number of hydrogen-bond donors (Lipinski definition) is 2. The summed E-state index contributed by atoms with van der Waals surface area (Å²) in [5.41, 5.74) is 11.8. The van der Waals surface area contributed by atoms with Crippen LogP contribution in [-0.4, -0.2) is 18.0 Å². The van der Waals surface area contributed by atoms with Gasteiger partial charge < -0.3 is 15.8 Å². The van der Waals surface area contributed by atoms with Gasteiger partial charge >= 0.3 is 0 Å². The average Bonchev–Trinajstić information content (AvgIpc) is 2.69. The number of fused-ring (bicyclic) bond motifs is 1. The van der Waals surface area contributed by atoms with Crippen LogP contribution >= 0.6 is 0 Å². The number of hydrogen-bond acceptors (Lipinski definition) is 5. The van der Waals surface area contributed by atoms with Crippen LogP contribution in [0.1, 0.15) is 61.1 Å². The highest BCUT2D eigenvalue weighted by Gasteiger charge is 2.35. The van der Waals surface area contributed by atoms with Gasteiger partial charge in [-0.15, -0.1) is 0 Å². The molecular formula is C23H28N4O2. The number of nitrogens with two attached hydrogens (primary N) is 1. The first kappa shape index (κ1) is 22.0. The highest BCUT2D eigenvalue weighted by atomic mass is 16.5. The van der Waals surface area contributed by atoms with E-state index in [0.717, 1.165) is 28.1 Å². The van der Waals surface area contributed by atoms with Gasteiger partial charge in [0.2, 0.25) is 5.91 Å². The Bertz CT molecular complexity index is 1000. The average molecular weight is 393 g/mol. The molecule has 0 bridgehead atoms. The molecule has 152 valence electrons. The third kappa shape index (κ3) is 4.24. The minimum absolute atomic E-state index is 0.418. The van der Waals surface area contributed by atoms with Crippen molar-refractivity contribution in [1.29, 1.82) is 5.26 Å². The number of rotatable bonds is 3. The number of methoxy groups -OCH3 is 1. The highest BCUT2D eigenvalue weighted by molar-refractivity contribution is 5.98. The summed E-state index contributed by atoms with van der Waals surface area (Å²) in [7, 11) is 1.55. The Balaban J connectivity index is 0.000000941. The summed E-state index contributed by atoms with van der Waals surface area (Å²) < 4.78 is 5.52. The van der Waals surface area contributed by atoms with E-state index in [9.17, 15) is 10.1 Å². The molecule has 3 N–H and O–H groups in total. The zero-order chi connectivity index (χ0) is 21.7. The third-order valence-corrected chi connectivity index (χ3v) is 4.74. The van der Waals surface area contributed by atoms with E-state index in [4.69, 9.17) is 10.5 Å². The van der Waals surface area contributed by atoms with Crippen molar-refractivity contribution in [3.63, 3.8) is 0 Å². The van der Waals surface area contributed by atoms with Gasteiger partial charge in [0.05, 0.1) is 18.7 Å². The van der Waals surface area contributed by atoms with Crippen LogP contribution in [0.2, 0.25) is 0 Å². The maximum absolute atomic E-state index is 12.3. The van der Waals surface area contributed by atoms with E-state index in [1.807, 2.05) is 26.8 Å². The molecule has 2 aromatic rings. The minimum Gasteiger partial charge on any atom is -0.496 e. The zero-order valence-corrected chi connectivity index (χ0v) is 17.9. The largest absolute Gasteiger partial charge is 0.496 e. The molecule has 1 aromatic heterocycles. The van der Waals surface area contributed by atoms with Gasteiger partial charge in [-0.2, -0.15) is 5.26 Å². The summed E-state index contributed by atoms with van der Waals surface area (Å²) in [4.78, 5) is 16.8. The van der Waals surface area contributed by atoms with Crippen molar-refractivity contribution in [2.45, 2.75) is 47.0 Å². The monoisotopic (exact) mass is 392 g/mol. The molecule has 29 heavy (non-hydrogen) atoms. The van der Waals surface area contributed by atoms with Crippen LogP contribution < -0.4 is 15.8 Å². The number of anilines is 1. The van der Waals surface area contributed by atoms with Crippen LogP contribution in [0.4, 0.5) is 5.69 Å². The normalized spacial score (nSPS) is 14.7. The van der Waals surface area contributed by atoms with Crippen LogP contribution in [-0.2, 0) is 4.79 Å². The molecule has 0 saturated carbocycles. The molecule has 1 amide bonds. The lowest BCUT2D eigenvalue weighted by molar-refractivity contribution is -0.114. The number of nitrogens with zero attached hydrogens (tertiary/aromatic N) is 2. The number of aromatic nitrogens is 1. The molecule has 1 unspecified atom stereocenters. The van der Waals surface area contributed by atoms with E-state index in [-0.39, 0.29) is 0 Å². The summed E-state index contributed by atoms with van der Waals surface area (Å²) in [6, 6.07) is 7.31. The molecule has 1 aromatic carbocycles. The molecule has 0 spiro atoms. The predicted molar refractivity (Wildman–Crippen MR) is 115 cm³/mol. The molecule has 1 atom stereocenters. The fourth-order valence-corrected chi connectivity index (χ4v) is 3.51. The lowest BCUT2D eigenvalue weighted by Crippen LogP contribution is -2.28. The van der Waals surface area contributed by atoms with Crippen LogP contribution in [0.25, 0.3) is 0 Å². The number of nitriles is 1. The second-order valence-corrected chi connectivity index (χ2v) is 7.05. The van der Waals surface area contributed by atoms with Crippen molar-refractivity contribution in [3.8, 4) is 11.8 Å². The highest BCUT2D eigenvalue weighted by Crippen LogP contribution is 2.46. The van der Waals surface area contributed by atoms with Gasteiger partial charge in [0.15, 0.2) is 0 Å². The SMILES string of the molecule is CCC.COc1cc(C#N)ccc1C1C(C(N)=O)=C(C)Nc2c(C)cnc(C)c21. The molecular weight excluding hydrogens is 364 g/mol. The van der Waals surface area contributed by atoms with E-state index >= 15 is 0 Å². The number of pyridine rings is 1. The van der Waals surface area contributed by atoms with Crippen molar-refractivity contribution >= 4 is 11.6 Å². The number of carbonyl (C=O) groups is 1. The molecule has 1 aliphatic rings. The number of aryl methyl sites for hydroxylation is 2. The predicted octanol–water partition coefficient (Wildman–Crippen LogP) is 4.31. The molecule has 0 saturated heterocycles. The van der Waals surface area contributed by atoms with E-state index in [2.05, 4.69) is 30.2 Å². The van der Waals surface area contributed by atoms with Crippen LogP contribution in [0.15, 0.2) is 35.7 Å². The summed E-state index contributed by atoms with van der Waals surface area (Å²) in [6.07, 6.45) is 3.05. The van der Waals surface area contributed by atoms with Crippen molar-refractivity contribution in [2.24, 2.45) is 5.73 Å². The smallest absolute Gasteiger partial charge is 0.247 e. The minimum atomic E-state index is -0.502. The maximum Gasteiger partial charge on any atom is 0.247 e. The Morgan fingerprint density at radius 3 is 2.52 bits per heavy atom. The van der Waals surface area contributed by atoms with Gasteiger partial charge in [0, 0.05) is 45.9 Å². The Labute approximate surface area is 172 Å². The van der Waals surface area contributed by atoms with Gasteiger partial charge in [0.1, 0.15) is 5.75 Å². The second kappa shape index (κ2) is 9.24. The van der Waals surface area contributed by atoms with Crippen LogP contribution in [0, 0.1) is 25.2 Å². The molecule has 0 aliphatic carbocycles. The summed E-state index contributed by atoms with van der Waals surface area (Å²) in [5, 5.41) is 12.5. The number of amides is 1. The second-order valence-electron chi connectivity index (χ2n) is 7.05. The number of primary amides is 1. The van der Waals surface area contributed by atoms with Gasteiger partial charge in [-0.05, 0) is 38.5 Å². The first-order valence-electron chi connectivity index (χ1n) is 9.62. The van der Waals surface area contributed by atoms with Crippen molar-refractivity contribution in [1.82, 2.24) is 4.98 Å². The lowest BCUT2D eigenvalue weighted by Gasteiger charge is -2.32. The van der Waals surface area contributed by atoms with Gasteiger partial charge in [-0.1, -0.05) is 26.3 Å². The van der Waals surface area contributed by atoms with Crippen LogP contribution in [0.5, 0.6) is 5.75 Å². The van der Waals surface area contributed by atoms with Crippen LogP contribution in [0.3, 0.4) is 0 Å². The summed E-state index contributed by atoms with van der Waals surface area (Å²) >= 11 is 0. The standard InChI is InChI=1S/C20H20N4O2.C3H8/c1-10-9-23-11(2)16-18(17(20(22)25)12(3)24-19(10)16)14-6-5-13(8-21)7-15(14)26-4;1-3-2/h5-7,9,18,24H,1-4H3,(H2,22,25);3H2,1-2H3. The summed E-state index contributed by atoms with van der Waals surface area (Å²) in [6.45, 7) is 9.96. The number of ether oxygens (including phenoxy) is 1. The van der Waals surface area contributed by atoms with E-state index in [1.54, 1.807) is 25.4 Å². The lowest BCUT2D eigenvalue weighted by atomic mass is 9.78. The van der Waals surface area contributed by atoms with E-state index < -0.39 is 11.8 Å². The molecule has 1 aliphatic heterocycles. The number of nitrogens with one attached hydrogen (secondary N) is 1. The topological polar surface area (TPSA) is 101 Å². The Morgan fingerprint density at radius 2 is 1.97 bits per heavy atom. The number of benzene rings is 1. The number of allylic oxidation sites excluding steroid dienone is 1. The van der Waals surface area contributed by atoms with E-state index in [1.165, 1.54) is 6.42 Å². The van der Waals surface area contributed by atoms with Crippen molar-refractivity contribution in [3.05, 3.63) is 63.6 Å². The van der Waals surface area contributed by atoms with Gasteiger partial charge in [0.25, 0.3) is 0 Å². The van der Waals surface area contributed by atoms with Crippen molar-refractivity contribution in [2.75, 3.05) is 12.4 Å². The van der Waals surface area contributed by atoms with Gasteiger partial charge in [-0.25, -0.2) is 0 Å². The fraction of sp³-hybridized carbons (Fsp3) is 0.348. The Morgan fingerprint density at radius 1 is 1.31 bits per heavy atom. The first-order chi connectivity index (χ1) is 13.8. The quantitative estimate of drug-likeness (QED) is 0.810. The number of carbonyl (C=O) groups excluding carboxylic acids is 1. The molecule has 2 heterocycles. The van der Waals surface area contributed by atoms with E-state index in [0.29, 0.717) is 22.6 Å². The van der Waals surface area contributed by atoms with Crippen molar-refractivity contribution < 1.29 is 9.53 Å². The molecule has 0 fully saturated rings. The Hall–Kier alpha value is -3.33. The molecule has 3 rings (SSSR count). The molecule has 0 radical (unpaired) electrons. The Kier molecular flexibility index (Phi) is 7.00.